The van der Waals surface area contributed by atoms with E-state index >= 15 is 0 Å². The van der Waals surface area contributed by atoms with Gasteiger partial charge in [-0.2, -0.15) is 0 Å². The van der Waals surface area contributed by atoms with Gasteiger partial charge in [0, 0.05) is 43.8 Å². The standard InChI is InChI=1S/C45H72N4O7/c1-27(2)37-30(50)23-45(33(51)25-49(22-21-48(11)12)26-35-47-46-28(3)55-35)20-19-43(9)29(38(37)45)13-14-32-42(8)17-16-34(56-36(52)24-40(4,5)39(53)54)41(6,7)31(42)15-18-44(32,43)10/h27,29,31-34,51H,13-26H2,1-12H3,(H,53,54)/t29-,31?,32-,33+,34+,42+,43-,44-,45+/m1/s1. The number of nitrogens with zero attached hydrogens (tertiary/aromatic N) is 4. The monoisotopic (exact) mass is 781 g/mol. The number of rotatable bonds is 13. The average molecular weight is 781 g/mol. The maximum absolute atomic E-state index is 14.3. The molecule has 0 amide bonds. The zero-order chi connectivity index (χ0) is 41.4. The van der Waals surface area contributed by atoms with Crippen LogP contribution >= 0.6 is 0 Å². The van der Waals surface area contributed by atoms with Crippen molar-refractivity contribution in [2.75, 3.05) is 33.7 Å². The number of ether oxygens (including phenoxy) is 1. The van der Waals surface area contributed by atoms with Gasteiger partial charge in [0.25, 0.3) is 0 Å². The smallest absolute Gasteiger partial charge is 0.309 e. The van der Waals surface area contributed by atoms with E-state index in [2.05, 4.69) is 82.6 Å². The zero-order valence-electron chi connectivity index (χ0n) is 36.6. The number of hydrogen-bond acceptors (Lipinski definition) is 10. The third-order valence-electron chi connectivity index (χ3n) is 16.7. The molecule has 9 atom stereocenters. The van der Waals surface area contributed by atoms with Crippen molar-refractivity contribution in [2.45, 2.75) is 152 Å². The molecule has 4 saturated carbocycles. The van der Waals surface area contributed by atoms with Gasteiger partial charge in [0.2, 0.25) is 11.8 Å². The molecule has 0 aromatic carbocycles. The number of aromatic nitrogens is 2. The lowest BCUT2D eigenvalue weighted by Gasteiger charge is -2.72. The van der Waals surface area contributed by atoms with Crippen molar-refractivity contribution in [2.24, 2.45) is 56.2 Å². The number of esters is 1. The molecule has 1 aromatic rings. The van der Waals surface area contributed by atoms with Crippen molar-refractivity contribution < 1.29 is 33.8 Å². The Morgan fingerprint density at radius 3 is 2.25 bits per heavy atom. The first-order valence-electron chi connectivity index (χ1n) is 21.5. The van der Waals surface area contributed by atoms with E-state index in [1.54, 1.807) is 20.8 Å². The van der Waals surface area contributed by atoms with Crippen LogP contribution in [0, 0.1) is 63.1 Å². The fourth-order valence-electron chi connectivity index (χ4n) is 13.5. The lowest BCUT2D eigenvalue weighted by molar-refractivity contribution is -0.235. The second-order valence-electron chi connectivity index (χ2n) is 21.3. The molecule has 4 fully saturated rings. The number of allylic oxidation sites excluding steroid dienone is 1. The van der Waals surface area contributed by atoms with Crippen molar-refractivity contribution in [1.29, 1.82) is 0 Å². The van der Waals surface area contributed by atoms with E-state index in [0.29, 0.717) is 43.1 Å². The Bertz CT molecular complexity index is 1710. The molecule has 314 valence electrons. The summed E-state index contributed by atoms with van der Waals surface area (Å²) in [6.45, 7) is 23.8. The average Bonchev–Trinajstić information content (AvgIpc) is 3.64. The minimum atomic E-state index is -1.17. The van der Waals surface area contributed by atoms with Crippen LogP contribution in [0.2, 0.25) is 0 Å². The molecule has 56 heavy (non-hydrogen) atoms. The highest BCUT2D eigenvalue weighted by Gasteiger charge is 2.71. The van der Waals surface area contributed by atoms with Crippen LogP contribution in [-0.4, -0.2) is 93.9 Å². The van der Waals surface area contributed by atoms with Crippen molar-refractivity contribution in [3.63, 3.8) is 0 Å². The Kier molecular flexibility index (Phi) is 11.4. The predicted octanol–water partition coefficient (Wildman–Crippen LogP) is 7.50. The van der Waals surface area contributed by atoms with Gasteiger partial charge in [-0.3, -0.25) is 19.3 Å². The summed E-state index contributed by atoms with van der Waals surface area (Å²) in [5.41, 5.74) is 0.245. The Morgan fingerprint density at radius 2 is 1.64 bits per heavy atom. The van der Waals surface area contributed by atoms with Crippen molar-refractivity contribution in [3.8, 4) is 0 Å². The van der Waals surface area contributed by atoms with Crippen molar-refractivity contribution >= 4 is 17.7 Å². The summed E-state index contributed by atoms with van der Waals surface area (Å²) in [4.78, 5) is 43.6. The molecule has 0 bridgehead atoms. The topological polar surface area (TPSA) is 146 Å². The number of aliphatic hydroxyl groups is 1. The van der Waals surface area contributed by atoms with Crippen LogP contribution in [0.15, 0.2) is 15.6 Å². The van der Waals surface area contributed by atoms with Crippen LogP contribution in [0.4, 0.5) is 0 Å². The van der Waals surface area contributed by atoms with Gasteiger partial charge in [-0.15, -0.1) is 10.2 Å². The van der Waals surface area contributed by atoms with Gasteiger partial charge in [-0.1, -0.05) is 54.0 Å². The van der Waals surface area contributed by atoms with E-state index < -0.39 is 28.9 Å². The molecule has 0 saturated heterocycles. The number of hydrogen-bond donors (Lipinski definition) is 2. The van der Waals surface area contributed by atoms with Gasteiger partial charge in [-0.25, -0.2) is 0 Å². The van der Waals surface area contributed by atoms with Gasteiger partial charge < -0.3 is 24.3 Å². The maximum Gasteiger partial charge on any atom is 0.309 e. The number of carbonyl (C=O) groups excluding carboxylic acids is 2. The highest BCUT2D eigenvalue weighted by Crippen LogP contribution is 2.77. The lowest BCUT2D eigenvalue weighted by Crippen LogP contribution is -2.66. The van der Waals surface area contributed by atoms with Gasteiger partial charge >= 0.3 is 11.9 Å². The van der Waals surface area contributed by atoms with Gasteiger partial charge in [0.05, 0.1) is 24.5 Å². The zero-order valence-corrected chi connectivity index (χ0v) is 36.6. The SMILES string of the molecule is Cc1nnc(CN(CCN(C)C)C[C@H](O)[C@@]23CC[C@]4(C)[C@H](CC[C@@H]5[C@@]6(C)CC[C@H](OC(=O)CC(C)(C)C(=O)O)C(C)(C)C6CC[C@]54C)C2=C(C(C)C)C(=O)C3)o1. The van der Waals surface area contributed by atoms with Crippen LogP contribution < -0.4 is 0 Å². The summed E-state index contributed by atoms with van der Waals surface area (Å²) in [5.74, 6) is 0.977. The molecule has 1 aromatic heterocycles. The molecule has 11 heteroatoms. The molecule has 11 nitrogen and oxygen atoms in total. The molecule has 5 aliphatic carbocycles. The second-order valence-corrected chi connectivity index (χ2v) is 21.3. The number of fused-ring (bicyclic) bond motifs is 7. The van der Waals surface area contributed by atoms with E-state index in [-0.39, 0.29) is 51.8 Å². The third kappa shape index (κ3) is 7.01. The van der Waals surface area contributed by atoms with E-state index in [0.717, 1.165) is 70.0 Å². The molecule has 5 aliphatic rings. The minimum Gasteiger partial charge on any atom is -0.481 e. The summed E-state index contributed by atoms with van der Waals surface area (Å²) >= 11 is 0. The van der Waals surface area contributed by atoms with E-state index in [1.165, 1.54) is 5.57 Å². The fraction of sp³-hybridized carbons (Fsp3) is 0.844. The molecule has 0 radical (unpaired) electrons. The summed E-state index contributed by atoms with van der Waals surface area (Å²) in [6.07, 6.45) is 6.92. The first-order valence-corrected chi connectivity index (χ1v) is 21.5. The number of aliphatic carboxylic acids is 1. The summed E-state index contributed by atoms with van der Waals surface area (Å²) in [6, 6.07) is 0. The van der Waals surface area contributed by atoms with Crippen molar-refractivity contribution in [1.82, 2.24) is 20.0 Å². The molecule has 0 spiro atoms. The van der Waals surface area contributed by atoms with E-state index in [1.807, 2.05) is 0 Å². The number of ketones is 1. The first kappa shape index (κ1) is 43.0. The fourth-order valence-corrected chi connectivity index (χ4v) is 13.5. The van der Waals surface area contributed by atoms with E-state index in [4.69, 9.17) is 9.15 Å². The van der Waals surface area contributed by atoms with Gasteiger partial charge in [0.15, 0.2) is 5.78 Å². The Balaban J connectivity index is 1.29. The molecular weight excluding hydrogens is 709 g/mol. The number of aliphatic hydroxyl groups excluding tert-OH is 1. The van der Waals surface area contributed by atoms with E-state index in [9.17, 15) is 24.6 Å². The quantitative estimate of drug-likeness (QED) is 0.192. The van der Waals surface area contributed by atoms with Crippen LogP contribution in [0.5, 0.6) is 0 Å². The number of likely N-dealkylation sites (N-methyl/N-ethyl adjacent to an activating group) is 1. The Morgan fingerprint density at radius 1 is 0.946 bits per heavy atom. The minimum absolute atomic E-state index is 0.0255. The summed E-state index contributed by atoms with van der Waals surface area (Å²) in [5, 5.41) is 30.6. The number of carboxylic acid groups (broad SMARTS) is 1. The van der Waals surface area contributed by atoms with Crippen LogP contribution in [-0.2, 0) is 25.7 Å². The molecule has 0 aliphatic heterocycles. The highest BCUT2D eigenvalue weighted by atomic mass is 16.5. The Labute approximate surface area is 335 Å². The maximum atomic E-state index is 14.3. The van der Waals surface area contributed by atoms with Crippen molar-refractivity contribution in [3.05, 3.63) is 22.9 Å². The number of carboxylic acids is 1. The largest absolute Gasteiger partial charge is 0.481 e. The summed E-state index contributed by atoms with van der Waals surface area (Å²) < 4.78 is 12.0. The molecule has 1 unspecified atom stereocenters. The second kappa shape index (κ2) is 14.9. The summed E-state index contributed by atoms with van der Waals surface area (Å²) in [7, 11) is 4.10. The molecule has 1 heterocycles. The molecule has 2 N–H and O–H groups in total. The van der Waals surface area contributed by atoms with Gasteiger partial charge in [-0.05, 0) is 125 Å². The number of Topliss-reactive ketones (excluding diaryl/α,β-unsaturated/α-hetero) is 1. The normalized spacial score (nSPS) is 36.0. The predicted molar refractivity (Wildman–Crippen MR) is 214 cm³/mol. The number of carbonyl (C=O) groups is 3. The van der Waals surface area contributed by atoms with Crippen LogP contribution in [0.1, 0.15) is 138 Å². The Hall–Kier alpha value is -2.63. The van der Waals surface area contributed by atoms with Crippen LogP contribution in [0.3, 0.4) is 0 Å². The first-order chi connectivity index (χ1) is 25.9. The van der Waals surface area contributed by atoms with Gasteiger partial charge in [0.1, 0.15) is 6.10 Å². The lowest BCUT2D eigenvalue weighted by atomic mass is 9.33. The molecular formula is C45H72N4O7. The highest BCUT2D eigenvalue weighted by molar-refractivity contribution is 6.00. The van der Waals surface area contributed by atoms with Crippen LogP contribution in [0.25, 0.3) is 0 Å². The number of aryl methyl sites for hydroxylation is 1. The third-order valence-corrected chi connectivity index (χ3v) is 16.7. The molecule has 6 rings (SSSR count).